The summed E-state index contributed by atoms with van der Waals surface area (Å²) >= 11 is 3.60. The molecule has 0 saturated carbocycles. The maximum atomic E-state index is 14.0. The predicted molar refractivity (Wildman–Crippen MR) is 156 cm³/mol. The van der Waals surface area contributed by atoms with Crippen LogP contribution in [0.3, 0.4) is 0 Å². The molecule has 0 radical (unpaired) electrons. The second-order valence-corrected chi connectivity index (χ2v) is 10.3. The Morgan fingerprint density at radius 1 is 0.676 bits per heavy atom. The van der Waals surface area contributed by atoms with Gasteiger partial charge in [-0.3, -0.25) is 4.79 Å². The molecule has 2 aliphatic rings. The third-order valence-electron chi connectivity index (χ3n) is 7.05. The second kappa shape index (κ2) is 10.2. The van der Waals surface area contributed by atoms with Crippen LogP contribution in [0.25, 0.3) is 11.3 Å². The Labute approximate surface area is 226 Å². The molecular weight excluding hydrogens is 518 g/mol. The third-order valence-corrected chi connectivity index (χ3v) is 7.57. The van der Waals surface area contributed by atoms with Gasteiger partial charge < -0.3 is 4.90 Å². The van der Waals surface area contributed by atoms with Crippen molar-refractivity contribution >= 4 is 38.7 Å². The zero-order valence-electron chi connectivity index (χ0n) is 20.4. The maximum Gasteiger partial charge on any atom is 0.191 e. The topological polar surface area (TPSA) is 20.3 Å². The first-order valence-electron chi connectivity index (χ1n) is 12.7. The number of hydrogen-bond donors (Lipinski definition) is 0. The number of carbonyl (C=O) groups is 1. The summed E-state index contributed by atoms with van der Waals surface area (Å²) in [6.45, 7) is 0. The lowest BCUT2D eigenvalue weighted by molar-refractivity contribution is 0.102. The Kier molecular flexibility index (Phi) is 6.46. The Bertz CT molecular complexity index is 1530. The summed E-state index contributed by atoms with van der Waals surface area (Å²) in [5.74, 6) is 0.108. The van der Waals surface area contributed by atoms with Gasteiger partial charge >= 0.3 is 0 Å². The molecule has 3 heteroatoms. The number of fused-ring (bicyclic) bond motifs is 1. The van der Waals surface area contributed by atoms with E-state index in [-0.39, 0.29) is 5.78 Å². The first kappa shape index (κ1) is 23.4. The first-order valence-corrected chi connectivity index (χ1v) is 13.4. The van der Waals surface area contributed by atoms with Gasteiger partial charge in [-0.05, 0) is 71.9 Å². The van der Waals surface area contributed by atoms with E-state index in [1.807, 2.05) is 36.4 Å². The molecule has 4 aromatic rings. The van der Waals surface area contributed by atoms with E-state index in [9.17, 15) is 4.79 Å². The fourth-order valence-electron chi connectivity index (χ4n) is 5.34. The Hall–Kier alpha value is -3.95. The molecule has 6 rings (SSSR count). The normalized spacial score (nSPS) is 15.4. The van der Waals surface area contributed by atoms with Crippen LogP contribution in [0.5, 0.6) is 0 Å². The van der Waals surface area contributed by atoms with E-state index >= 15 is 0 Å². The molecule has 1 aliphatic heterocycles. The minimum absolute atomic E-state index is 0.108. The molecule has 0 N–H and O–H groups in total. The minimum atomic E-state index is 0.108. The number of carbonyl (C=O) groups excluding carboxylic acids is 1. The highest BCUT2D eigenvalue weighted by Crippen LogP contribution is 2.47. The van der Waals surface area contributed by atoms with Crippen molar-refractivity contribution in [1.82, 2.24) is 0 Å². The average Bonchev–Trinajstić information content (AvgIpc) is 2.97. The molecular formula is C34H26BrNO. The number of nitrogens with zero attached hydrogens (tertiary/aromatic N) is 1. The van der Waals surface area contributed by atoms with Gasteiger partial charge in [-0.25, -0.2) is 0 Å². The summed E-state index contributed by atoms with van der Waals surface area (Å²) in [6.07, 6.45) is 4.94. The summed E-state index contributed by atoms with van der Waals surface area (Å²) in [5, 5.41) is 0. The number of hydrogen-bond acceptors (Lipinski definition) is 2. The van der Waals surface area contributed by atoms with Crippen molar-refractivity contribution in [2.45, 2.75) is 19.3 Å². The average molecular weight is 544 g/mol. The zero-order valence-corrected chi connectivity index (χ0v) is 22.0. The second-order valence-electron chi connectivity index (χ2n) is 9.34. The lowest BCUT2D eigenvalue weighted by Gasteiger charge is -2.39. The van der Waals surface area contributed by atoms with E-state index in [0.717, 1.165) is 57.5 Å². The lowest BCUT2D eigenvalue weighted by atomic mass is 9.80. The molecule has 37 heavy (non-hydrogen) atoms. The number of benzene rings is 4. The van der Waals surface area contributed by atoms with Crippen LogP contribution in [0.15, 0.2) is 143 Å². The number of rotatable bonds is 5. The largest absolute Gasteiger partial charge is 0.309 e. The highest BCUT2D eigenvalue weighted by atomic mass is 79.9. The standard InChI is InChI=1S/C34H26BrNO/c35-27-19-21-28(22-20-27)36-32(25-13-6-2-7-14-25)23-31(24-11-4-1-5-12-24)29-17-10-18-30(33(29)36)34(37)26-15-8-3-9-16-26/h1-9,11-16,19-23H,10,17-18H2. The number of anilines is 1. The van der Waals surface area contributed by atoms with Crippen molar-refractivity contribution in [1.29, 1.82) is 0 Å². The molecule has 1 heterocycles. The van der Waals surface area contributed by atoms with Crippen molar-refractivity contribution < 1.29 is 4.79 Å². The van der Waals surface area contributed by atoms with E-state index in [4.69, 9.17) is 0 Å². The summed E-state index contributed by atoms with van der Waals surface area (Å²) in [4.78, 5) is 16.3. The molecule has 0 amide bonds. The van der Waals surface area contributed by atoms with Gasteiger partial charge in [0.1, 0.15) is 0 Å². The van der Waals surface area contributed by atoms with Crippen molar-refractivity contribution in [3.05, 3.63) is 159 Å². The van der Waals surface area contributed by atoms with E-state index in [1.165, 1.54) is 16.7 Å². The molecule has 180 valence electrons. The minimum Gasteiger partial charge on any atom is -0.309 e. The lowest BCUT2D eigenvalue weighted by Crippen LogP contribution is -2.30. The fourth-order valence-corrected chi connectivity index (χ4v) is 5.61. The Balaban J connectivity index is 1.67. The predicted octanol–water partition coefficient (Wildman–Crippen LogP) is 9.08. The Morgan fingerprint density at radius 3 is 1.92 bits per heavy atom. The molecule has 0 fully saturated rings. The molecule has 0 aromatic heterocycles. The van der Waals surface area contributed by atoms with Crippen molar-refractivity contribution in [2.75, 3.05) is 4.90 Å². The molecule has 0 spiro atoms. The molecule has 4 aromatic carbocycles. The van der Waals surface area contributed by atoms with E-state index < -0.39 is 0 Å². The Morgan fingerprint density at radius 2 is 1.27 bits per heavy atom. The third kappa shape index (κ3) is 4.52. The monoisotopic (exact) mass is 543 g/mol. The summed E-state index contributed by atoms with van der Waals surface area (Å²) in [5.41, 5.74) is 9.47. The van der Waals surface area contributed by atoms with Gasteiger partial charge in [0.2, 0.25) is 0 Å². The van der Waals surface area contributed by atoms with Crippen LogP contribution < -0.4 is 4.90 Å². The van der Waals surface area contributed by atoms with Crippen molar-refractivity contribution in [2.24, 2.45) is 0 Å². The number of ketones is 1. The maximum absolute atomic E-state index is 14.0. The quantitative estimate of drug-likeness (QED) is 0.234. The highest BCUT2D eigenvalue weighted by molar-refractivity contribution is 9.10. The van der Waals surface area contributed by atoms with Crippen LogP contribution in [0.1, 0.15) is 40.7 Å². The van der Waals surface area contributed by atoms with Crippen molar-refractivity contribution in [3.63, 3.8) is 0 Å². The number of allylic oxidation sites excluding steroid dienone is 4. The van der Waals surface area contributed by atoms with E-state index in [1.54, 1.807) is 0 Å². The molecule has 0 atom stereocenters. The molecule has 1 aliphatic carbocycles. The van der Waals surface area contributed by atoms with Gasteiger partial charge in [0, 0.05) is 21.3 Å². The van der Waals surface area contributed by atoms with Crippen LogP contribution in [0.2, 0.25) is 0 Å². The summed E-state index contributed by atoms with van der Waals surface area (Å²) < 4.78 is 1.03. The van der Waals surface area contributed by atoms with Gasteiger partial charge in [-0.15, -0.1) is 0 Å². The van der Waals surface area contributed by atoms with Gasteiger partial charge in [0.25, 0.3) is 0 Å². The molecule has 0 unspecified atom stereocenters. The van der Waals surface area contributed by atoms with Gasteiger partial charge in [-0.1, -0.05) is 107 Å². The van der Waals surface area contributed by atoms with Crippen LogP contribution in [0, 0.1) is 0 Å². The fraction of sp³-hybridized carbons (Fsp3) is 0.0882. The highest BCUT2D eigenvalue weighted by Gasteiger charge is 2.34. The van der Waals surface area contributed by atoms with E-state index in [2.05, 4.69) is 106 Å². The molecule has 0 saturated heterocycles. The molecule has 2 nitrogen and oxygen atoms in total. The SMILES string of the molecule is O=C(C1=C2C(=C(c3ccccc3)C=C(c3ccccc3)N2c2ccc(Br)cc2)CCC1)c1ccccc1. The number of halogens is 1. The van der Waals surface area contributed by atoms with Crippen LogP contribution >= 0.6 is 15.9 Å². The van der Waals surface area contributed by atoms with Crippen LogP contribution in [-0.4, -0.2) is 5.78 Å². The van der Waals surface area contributed by atoms with Crippen molar-refractivity contribution in [3.8, 4) is 0 Å². The number of Topliss-reactive ketones (excluding diaryl/α,β-unsaturated/α-hetero) is 1. The van der Waals surface area contributed by atoms with Gasteiger partial charge in [-0.2, -0.15) is 0 Å². The zero-order chi connectivity index (χ0) is 25.2. The van der Waals surface area contributed by atoms with Crippen LogP contribution in [0.4, 0.5) is 5.69 Å². The summed E-state index contributed by atoms with van der Waals surface area (Å²) in [7, 11) is 0. The summed E-state index contributed by atoms with van der Waals surface area (Å²) in [6, 6.07) is 39.1. The van der Waals surface area contributed by atoms with Gasteiger partial charge in [0.05, 0.1) is 11.4 Å². The van der Waals surface area contributed by atoms with Crippen LogP contribution in [-0.2, 0) is 0 Å². The van der Waals surface area contributed by atoms with Gasteiger partial charge in [0.15, 0.2) is 5.78 Å². The first-order chi connectivity index (χ1) is 18.2. The molecule has 0 bridgehead atoms. The van der Waals surface area contributed by atoms with E-state index in [0.29, 0.717) is 0 Å². The smallest absolute Gasteiger partial charge is 0.191 e.